The molecule has 0 bridgehead atoms. The fraction of sp³-hybridized carbons (Fsp3) is 0.556. The third kappa shape index (κ3) is 3.89. The molecular weight excluding hydrogens is 364 g/mol. The number of aromatic nitrogens is 3. The van der Waals surface area contributed by atoms with Gasteiger partial charge in [0.05, 0.1) is 12.4 Å². The van der Waals surface area contributed by atoms with Crippen LogP contribution in [0.4, 0.5) is 10.9 Å². The van der Waals surface area contributed by atoms with Crippen LogP contribution in [0.15, 0.2) is 12.4 Å². The Balaban J connectivity index is 1.61. The lowest BCUT2D eigenvalue weighted by molar-refractivity contribution is 0.0702. The molecule has 9 heteroatoms. The number of thiazole rings is 1. The molecule has 0 aliphatic carbocycles. The van der Waals surface area contributed by atoms with Crippen LogP contribution < -0.4 is 15.1 Å². The smallest absolute Gasteiger partial charge is 0.348 e. The Kier molecular flexibility index (Phi) is 5.22. The molecule has 0 radical (unpaired) electrons. The first-order chi connectivity index (χ1) is 13.1. The Morgan fingerprint density at radius 2 is 2.04 bits per heavy atom. The van der Waals surface area contributed by atoms with Gasteiger partial charge in [0.1, 0.15) is 22.1 Å². The molecule has 0 spiro atoms. The molecule has 2 fully saturated rings. The summed E-state index contributed by atoms with van der Waals surface area (Å²) in [6.07, 6.45) is 5.67. The molecule has 0 unspecified atom stereocenters. The summed E-state index contributed by atoms with van der Waals surface area (Å²) in [5, 5.41) is 13.7. The van der Waals surface area contributed by atoms with E-state index in [1.165, 1.54) is 17.8 Å². The van der Waals surface area contributed by atoms with Gasteiger partial charge in [0.25, 0.3) is 0 Å². The normalized spacial score (nSPS) is 20.7. The molecule has 0 saturated carbocycles. The summed E-state index contributed by atoms with van der Waals surface area (Å²) in [5.74, 6) is 0.446. The number of aromatic carboxylic acids is 1. The van der Waals surface area contributed by atoms with E-state index in [1.54, 1.807) is 12.4 Å². The van der Waals surface area contributed by atoms with Gasteiger partial charge in [-0.25, -0.2) is 19.7 Å². The summed E-state index contributed by atoms with van der Waals surface area (Å²) in [6.45, 7) is 7.69. The fourth-order valence-corrected chi connectivity index (χ4v) is 4.58. The van der Waals surface area contributed by atoms with Gasteiger partial charge in [-0.15, -0.1) is 0 Å². The van der Waals surface area contributed by atoms with Crippen LogP contribution in [0.2, 0.25) is 0 Å². The van der Waals surface area contributed by atoms with Crippen molar-refractivity contribution in [3.8, 4) is 11.4 Å². The Labute approximate surface area is 162 Å². The van der Waals surface area contributed by atoms with Gasteiger partial charge < -0.3 is 20.2 Å². The minimum atomic E-state index is -0.966. The molecule has 0 aromatic carbocycles. The van der Waals surface area contributed by atoms with Crippen LogP contribution in [0.1, 0.15) is 29.4 Å². The Morgan fingerprint density at radius 1 is 1.22 bits per heavy atom. The number of rotatable bonds is 4. The SMILES string of the molecule is C[C@@H]1CCCN(c2nc(-c3cnc(N4CCNCC4)cn3)c(C(=O)O)s2)C1. The number of carboxylic acids is 1. The van der Waals surface area contributed by atoms with E-state index < -0.39 is 5.97 Å². The number of nitrogens with one attached hydrogen (secondary N) is 1. The van der Waals surface area contributed by atoms with Crippen molar-refractivity contribution >= 4 is 28.3 Å². The van der Waals surface area contributed by atoms with E-state index >= 15 is 0 Å². The molecule has 2 N–H and O–H groups in total. The Hall–Kier alpha value is -2.26. The fourth-order valence-electron chi connectivity index (χ4n) is 3.63. The maximum Gasteiger partial charge on any atom is 0.348 e. The molecule has 2 aliphatic rings. The number of hydrogen-bond donors (Lipinski definition) is 2. The molecule has 2 aliphatic heterocycles. The molecule has 2 saturated heterocycles. The average Bonchev–Trinajstić information content (AvgIpc) is 3.15. The Bertz CT molecular complexity index is 803. The molecule has 4 heterocycles. The standard InChI is InChI=1S/C18H24N6O2S/c1-12-3-2-6-24(11-12)18-22-15(16(27-18)17(25)26)13-9-21-14(10-20-13)23-7-4-19-5-8-23/h9-10,12,19H,2-8,11H2,1H3,(H,25,26)/t12-/m1/s1. The van der Waals surface area contributed by atoms with Crippen LogP contribution in [-0.2, 0) is 0 Å². The van der Waals surface area contributed by atoms with Crippen molar-refractivity contribution in [3.63, 3.8) is 0 Å². The molecule has 8 nitrogen and oxygen atoms in total. The van der Waals surface area contributed by atoms with Crippen molar-refractivity contribution in [2.24, 2.45) is 5.92 Å². The second-order valence-electron chi connectivity index (χ2n) is 7.17. The van der Waals surface area contributed by atoms with E-state index in [9.17, 15) is 9.90 Å². The number of carbonyl (C=O) groups is 1. The van der Waals surface area contributed by atoms with E-state index in [4.69, 9.17) is 0 Å². The summed E-state index contributed by atoms with van der Waals surface area (Å²) in [7, 11) is 0. The summed E-state index contributed by atoms with van der Waals surface area (Å²) < 4.78 is 0. The lowest BCUT2D eigenvalue weighted by Crippen LogP contribution is -2.43. The predicted molar refractivity (Wildman–Crippen MR) is 106 cm³/mol. The molecule has 144 valence electrons. The molecule has 2 aromatic rings. The average molecular weight is 388 g/mol. The van der Waals surface area contributed by atoms with Crippen LogP contribution >= 0.6 is 11.3 Å². The van der Waals surface area contributed by atoms with Gasteiger partial charge in [0.2, 0.25) is 0 Å². The highest BCUT2D eigenvalue weighted by Gasteiger charge is 2.25. The number of anilines is 2. The van der Waals surface area contributed by atoms with Crippen LogP contribution in [-0.4, -0.2) is 65.3 Å². The quantitative estimate of drug-likeness (QED) is 0.821. The number of nitrogens with zero attached hydrogens (tertiary/aromatic N) is 5. The zero-order valence-electron chi connectivity index (χ0n) is 15.4. The zero-order chi connectivity index (χ0) is 18.8. The van der Waals surface area contributed by atoms with Crippen LogP contribution in [0.25, 0.3) is 11.4 Å². The lowest BCUT2D eigenvalue weighted by atomic mass is 10.0. The summed E-state index contributed by atoms with van der Waals surface area (Å²) in [5.41, 5.74) is 0.930. The number of piperidine rings is 1. The first kappa shape index (κ1) is 18.1. The third-order valence-corrected chi connectivity index (χ3v) is 6.16. The molecule has 27 heavy (non-hydrogen) atoms. The van der Waals surface area contributed by atoms with Gasteiger partial charge >= 0.3 is 5.97 Å². The summed E-state index contributed by atoms with van der Waals surface area (Å²) in [4.78, 5) is 30.0. The van der Waals surface area contributed by atoms with Crippen molar-refractivity contribution in [3.05, 3.63) is 17.3 Å². The molecule has 0 amide bonds. The number of carboxylic acid groups (broad SMARTS) is 1. The van der Waals surface area contributed by atoms with E-state index in [1.807, 2.05) is 0 Å². The highest BCUT2D eigenvalue weighted by Crippen LogP contribution is 2.34. The summed E-state index contributed by atoms with van der Waals surface area (Å²) in [6, 6.07) is 0. The highest BCUT2D eigenvalue weighted by molar-refractivity contribution is 7.17. The second kappa shape index (κ2) is 7.77. The minimum Gasteiger partial charge on any atom is -0.477 e. The van der Waals surface area contributed by atoms with Crippen molar-refractivity contribution in [2.45, 2.75) is 19.8 Å². The molecule has 1 atom stereocenters. The van der Waals surface area contributed by atoms with E-state index in [0.717, 1.165) is 56.6 Å². The van der Waals surface area contributed by atoms with Gasteiger partial charge in [0, 0.05) is 39.3 Å². The first-order valence-electron chi connectivity index (χ1n) is 9.39. The van der Waals surface area contributed by atoms with Gasteiger partial charge in [-0.2, -0.15) is 0 Å². The molecular formula is C18H24N6O2S. The molecule has 2 aromatic heterocycles. The van der Waals surface area contributed by atoms with Crippen molar-refractivity contribution < 1.29 is 9.90 Å². The van der Waals surface area contributed by atoms with Crippen molar-refractivity contribution in [1.82, 2.24) is 20.3 Å². The van der Waals surface area contributed by atoms with Crippen molar-refractivity contribution in [2.75, 3.05) is 49.1 Å². The van der Waals surface area contributed by atoms with Crippen LogP contribution in [0.5, 0.6) is 0 Å². The number of hydrogen-bond acceptors (Lipinski definition) is 8. The van der Waals surface area contributed by atoms with Crippen molar-refractivity contribution in [1.29, 1.82) is 0 Å². The minimum absolute atomic E-state index is 0.229. The maximum absolute atomic E-state index is 11.8. The predicted octanol–water partition coefficient (Wildman–Crippen LogP) is 1.94. The number of piperazine rings is 1. The van der Waals surface area contributed by atoms with Gasteiger partial charge in [-0.3, -0.25) is 0 Å². The first-order valence-corrected chi connectivity index (χ1v) is 10.2. The largest absolute Gasteiger partial charge is 0.477 e. The maximum atomic E-state index is 11.8. The lowest BCUT2D eigenvalue weighted by Gasteiger charge is -2.30. The third-order valence-electron chi connectivity index (χ3n) is 5.06. The molecule has 4 rings (SSSR count). The van der Waals surface area contributed by atoms with Gasteiger partial charge in [-0.1, -0.05) is 18.3 Å². The van der Waals surface area contributed by atoms with E-state index in [2.05, 4.69) is 37.0 Å². The summed E-state index contributed by atoms with van der Waals surface area (Å²) >= 11 is 1.23. The van der Waals surface area contributed by atoms with E-state index in [-0.39, 0.29) is 4.88 Å². The van der Waals surface area contributed by atoms with Crippen LogP contribution in [0.3, 0.4) is 0 Å². The zero-order valence-corrected chi connectivity index (χ0v) is 16.2. The second-order valence-corrected chi connectivity index (χ2v) is 8.15. The monoisotopic (exact) mass is 388 g/mol. The van der Waals surface area contributed by atoms with E-state index in [0.29, 0.717) is 17.3 Å². The highest BCUT2D eigenvalue weighted by atomic mass is 32.1. The van der Waals surface area contributed by atoms with Gasteiger partial charge in [-0.05, 0) is 18.8 Å². The van der Waals surface area contributed by atoms with Crippen LogP contribution in [0, 0.1) is 5.92 Å². The Morgan fingerprint density at radius 3 is 2.70 bits per heavy atom. The topological polar surface area (TPSA) is 94.5 Å². The van der Waals surface area contributed by atoms with Gasteiger partial charge in [0.15, 0.2) is 5.13 Å².